The molecule has 1 aromatic heterocycles. The van der Waals surface area contributed by atoms with Crippen LogP contribution in [0.4, 0.5) is 8.78 Å². The Morgan fingerprint density at radius 3 is 2.80 bits per heavy atom. The number of aromatic amines is 1. The van der Waals surface area contributed by atoms with Crippen molar-refractivity contribution in [3.05, 3.63) is 42.1 Å². The van der Waals surface area contributed by atoms with Gasteiger partial charge in [0.2, 0.25) is 0 Å². The van der Waals surface area contributed by atoms with E-state index in [0.717, 1.165) is 16.8 Å². The first kappa shape index (κ1) is 14.6. The van der Waals surface area contributed by atoms with Crippen molar-refractivity contribution in [2.24, 2.45) is 0 Å². The molecule has 0 aliphatic rings. The van der Waals surface area contributed by atoms with Gasteiger partial charge in [0.25, 0.3) is 6.43 Å². The number of nitrogens with zero attached hydrogens (tertiary/aromatic N) is 1. The van der Waals surface area contributed by atoms with Crippen LogP contribution in [0.1, 0.15) is 5.56 Å². The predicted molar refractivity (Wildman–Crippen MR) is 72.6 cm³/mol. The Kier molecular flexibility index (Phi) is 5.64. The number of benzene rings is 1. The zero-order chi connectivity index (χ0) is 14.2. The van der Waals surface area contributed by atoms with Crippen molar-refractivity contribution in [1.29, 1.82) is 0 Å². The summed E-state index contributed by atoms with van der Waals surface area (Å²) in [4.78, 5) is 0. The Bertz CT molecular complexity index is 502. The quantitative estimate of drug-likeness (QED) is 0.731. The number of ether oxygens (including phenoxy) is 1. The number of rotatable bonds is 8. The van der Waals surface area contributed by atoms with Gasteiger partial charge in [-0.15, -0.1) is 0 Å². The van der Waals surface area contributed by atoms with Crippen LogP contribution in [0.15, 0.2) is 36.5 Å². The van der Waals surface area contributed by atoms with Crippen molar-refractivity contribution >= 4 is 0 Å². The Balaban J connectivity index is 1.78. The molecule has 0 spiro atoms. The van der Waals surface area contributed by atoms with Crippen LogP contribution in [-0.2, 0) is 11.3 Å². The average molecular weight is 281 g/mol. The van der Waals surface area contributed by atoms with Gasteiger partial charge >= 0.3 is 0 Å². The molecule has 0 amide bonds. The van der Waals surface area contributed by atoms with Gasteiger partial charge in [0, 0.05) is 18.7 Å². The fourth-order valence-corrected chi connectivity index (χ4v) is 1.84. The largest absolute Gasteiger partial charge is 0.374 e. The number of nitrogens with one attached hydrogen (secondary N) is 2. The standard InChI is InChI=1S/C14H17F2N3O/c15-13(16)10-20-7-6-17-8-12-9-18-19-14(12)11-4-2-1-3-5-11/h1-5,9,13,17H,6-8,10H2,(H,18,19). The van der Waals surface area contributed by atoms with Gasteiger partial charge in [-0.1, -0.05) is 30.3 Å². The highest BCUT2D eigenvalue weighted by molar-refractivity contribution is 5.62. The van der Waals surface area contributed by atoms with Gasteiger partial charge in [0.05, 0.1) is 18.5 Å². The molecule has 0 aliphatic heterocycles. The van der Waals surface area contributed by atoms with E-state index in [4.69, 9.17) is 4.74 Å². The summed E-state index contributed by atoms with van der Waals surface area (Å²) in [6.45, 7) is 0.885. The number of aromatic nitrogens is 2. The van der Waals surface area contributed by atoms with Crippen LogP contribution in [-0.4, -0.2) is 36.4 Å². The zero-order valence-electron chi connectivity index (χ0n) is 11.0. The maximum atomic E-state index is 11.9. The highest BCUT2D eigenvalue weighted by Crippen LogP contribution is 2.20. The molecular weight excluding hydrogens is 264 g/mol. The van der Waals surface area contributed by atoms with E-state index in [-0.39, 0.29) is 6.61 Å². The lowest BCUT2D eigenvalue weighted by Gasteiger charge is -2.06. The molecule has 0 bridgehead atoms. The Hall–Kier alpha value is -1.79. The van der Waals surface area contributed by atoms with Crippen LogP contribution in [0.3, 0.4) is 0 Å². The second kappa shape index (κ2) is 7.72. The molecule has 0 radical (unpaired) electrons. The first-order valence-corrected chi connectivity index (χ1v) is 6.41. The molecule has 2 aromatic rings. The topological polar surface area (TPSA) is 49.9 Å². The summed E-state index contributed by atoms with van der Waals surface area (Å²) in [5, 5.41) is 10.2. The van der Waals surface area contributed by atoms with E-state index in [9.17, 15) is 8.78 Å². The van der Waals surface area contributed by atoms with E-state index in [1.54, 1.807) is 6.20 Å². The normalized spacial score (nSPS) is 11.2. The minimum atomic E-state index is -2.41. The lowest BCUT2D eigenvalue weighted by atomic mass is 10.1. The Labute approximate surface area is 116 Å². The van der Waals surface area contributed by atoms with E-state index in [1.165, 1.54) is 0 Å². The molecule has 20 heavy (non-hydrogen) atoms. The molecule has 108 valence electrons. The molecular formula is C14H17F2N3O. The minimum absolute atomic E-state index is 0.267. The third-order valence-corrected chi connectivity index (χ3v) is 2.76. The van der Waals surface area contributed by atoms with Crippen molar-refractivity contribution in [2.45, 2.75) is 13.0 Å². The summed E-state index contributed by atoms with van der Waals surface area (Å²) >= 11 is 0. The van der Waals surface area contributed by atoms with Crippen LogP contribution in [0.5, 0.6) is 0 Å². The summed E-state index contributed by atoms with van der Waals surface area (Å²) in [6.07, 6.45) is -0.649. The SMILES string of the molecule is FC(F)COCCNCc1cn[nH]c1-c1ccccc1. The lowest BCUT2D eigenvalue weighted by Crippen LogP contribution is -2.20. The van der Waals surface area contributed by atoms with Crippen molar-refractivity contribution in [3.8, 4) is 11.3 Å². The second-order valence-corrected chi connectivity index (χ2v) is 4.28. The maximum absolute atomic E-state index is 11.9. The van der Waals surface area contributed by atoms with Crippen molar-refractivity contribution < 1.29 is 13.5 Å². The average Bonchev–Trinajstić information content (AvgIpc) is 2.92. The molecule has 0 saturated carbocycles. The molecule has 0 fully saturated rings. The predicted octanol–water partition coefficient (Wildman–Crippen LogP) is 2.45. The first-order chi connectivity index (χ1) is 9.77. The van der Waals surface area contributed by atoms with Gasteiger partial charge in [-0.3, -0.25) is 5.10 Å². The van der Waals surface area contributed by atoms with Crippen LogP contribution < -0.4 is 5.32 Å². The zero-order valence-corrected chi connectivity index (χ0v) is 11.0. The third kappa shape index (κ3) is 4.40. The number of hydrogen-bond acceptors (Lipinski definition) is 3. The smallest absolute Gasteiger partial charge is 0.261 e. The fraction of sp³-hybridized carbons (Fsp3) is 0.357. The highest BCUT2D eigenvalue weighted by atomic mass is 19.3. The summed E-state index contributed by atoms with van der Waals surface area (Å²) < 4.78 is 28.5. The molecule has 2 N–H and O–H groups in total. The van der Waals surface area contributed by atoms with E-state index >= 15 is 0 Å². The number of hydrogen-bond donors (Lipinski definition) is 2. The minimum Gasteiger partial charge on any atom is -0.374 e. The summed E-state index contributed by atoms with van der Waals surface area (Å²) in [7, 11) is 0. The van der Waals surface area contributed by atoms with Gasteiger partial charge in [-0.05, 0) is 5.56 Å². The van der Waals surface area contributed by atoms with Crippen molar-refractivity contribution in [2.75, 3.05) is 19.8 Å². The molecule has 0 atom stereocenters. The van der Waals surface area contributed by atoms with Gasteiger partial charge in [-0.2, -0.15) is 5.10 Å². The molecule has 0 saturated heterocycles. The van der Waals surface area contributed by atoms with Crippen LogP contribution in [0, 0.1) is 0 Å². The summed E-state index contributed by atoms with van der Waals surface area (Å²) in [5.74, 6) is 0. The van der Waals surface area contributed by atoms with Crippen molar-refractivity contribution in [3.63, 3.8) is 0 Å². The fourth-order valence-electron chi connectivity index (χ4n) is 1.84. The van der Waals surface area contributed by atoms with Gasteiger partial charge < -0.3 is 10.1 Å². The molecule has 1 heterocycles. The highest BCUT2D eigenvalue weighted by Gasteiger charge is 2.06. The number of H-pyrrole nitrogens is 1. The Morgan fingerprint density at radius 2 is 2.05 bits per heavy atom. The first-order valence-electron chi connectivity index (χ1n) is 6.41. The van der Waals surface area contributed by atoms with Crippen LogP contribution in [0.2, 0.25) is 0 Å². The van der Waals surface area contributed by atoms with E-state index in [0.29, 0.717) is 13.1 Å². The van der Waals surface area contributed by atoms with E-state index < -0.39 is 13.0 Å². The summed E-state index contributed by atoms with van der Waals surface area (Å²) in [6, 6.07) is 9.89. The van der Waals surface area contributed by atoms with Crippen LogP contribution >= 0.6 is 0 Å². The molecule has 0 unspecified atom stereocenters. The molecule has 2 rings (SSSR count). The lowest BCUT2D eigenvalue weighted by molar-refractivity contribution is 0.0187. The molecule has 6 heteroatoms. The number of alkyl halides is 2. The van der Waals surface area contributed by atoms with Gasteiger partial charge in [-0.25, -0.2) is 8.78 Å². The van der Waals surface area contributed by atoms with E-state index in [2.05, 4.69) is 15.5 Å². The molecule has 4 nitrogen and oxygen atoms in total. The van der Waals surface area contributed by atoms with E-state index in [1.807, 2.05) is 30.3 Å². The monoisotopic (exact) mass is 281 g/mol. The maximum Gasteiger partial charge on any atom is 0.261 e. The second-order valence-electron chi connectivity index (χ2n) is 4.28. The third-order valence-electron chi connectivity index (χ3n) is 2.76. The Morgan fingerprint density at radius 1 is 1.25 bits per heavy atom. The van der Waals surface area contributed by atoms with Gasteiger partial charge in [0.1, 0.15) is 6.61 Å². The van der Waals surface area contributed by atoms with Crippen molar-refractivity contribution in [1.82, 2.24) is 15.5 Å². The van der Waals surface area contributed by atoms with Gasteiger partial charge in [0.15, 0.2) is 0 Å². The molecule has 1 aromatic carbocycles. The summed E-state index contributed by atoms with van der Waals surface area (Å²) in [5.41, 5.74) is 3.06. The van der Waals surface area contributed by atoms with Crippen LogP contribution in [0.25, 0.3) is 11.3 Å². The molecule has 0 aliphatic carbocycles. The number of halogens is 2.